The number of amidine groups is 1. The number of alkyl halides is 3. The number of likely N-dealkylation sites (N-methyl/N-ethyl adjacent to an activating group) is 1. The normalized spacial score (nSPS) is 18.2. The largest absolute Gasteiger partial charge is 0.497 e. The molecule has 2 N–H and O–H groups in total. The van der Waals surface area contributed by atoms with E-state index in [0.717, 1.165) is 23.4 Å². The predicted molar refractivity (Wildman–Crippen MR) is 159 cm³/mol. The first-order chi connectivity index (χ1) is 21.4. The molecule has 2 heterocycles. The van der Waals surface area contributed by atoms with Crippen molar-refractivity contribution in [2.24, 2.45) is 4.99 Å². The first-order valence-electron chi connectivity index (χ1n) is 14.3. The summed E-state index contributed by atoms with van der Waals surface area (Å²) in [5.74, 6) is -1.75. The Bertz CT molecular complexity index is 1600. The second kappa shape index (κ2) is 13.1. The second-order valence-electron chi connectivity index (χ2n) is 11.0. The summed E-state index contributed by atoms with van der Waals surface area (Å²) in [6.07, 6.45) is -5.19. The van der Waals surface area contributed by atoms with Gasteiger partial charge in [0, 0.05) is 29.9 Å². The Morgan fingerprint density at radius 1 is 1.02 bits per heavy atom. The van der Waals surface area contributed by atoms with Crippen LogP contribution < -0.4 is 10.1 Å². The van der Waals surface area contributed by atoms with Gasteiger partial charge < -0.3 is 24.8 Å². The summed E-state index contributed by atoms with van der Waals surface area (Å²) in [6.45, 7) is 0.353. The van der Waals surface area contributed by atoms with E-state index < -0.39 is 42.1 Å². The number of aryl methyl sites for hydroxylation is 1. The number of benzene rings is 3. The fourth-order valence-corrected chi connectivity index (χ4v) is 5.41. The van der Waals surface area contributed by atoms with Crippen LogP contribution in [0.15, 0.2) is 65.7 Å². The van der Waals surface area contributed by atoms with E-state index in [1.807, 2.05) is 36.2 Å². The van der Waals surface area contributed by atoms with E-state index in [4.69, 9.17) is 14.6 Å². The summed E-state index contributed by atoms with van der Waals surface area (Å²) in [6, 6.07) is 14.5. The van der Waals surface area contributed by atoms with Crippen molar-refractivity contribution in [3.8, 4) is 5.75 Å². The molecule has 0 aliphatic carbocycles. The summed E-state index contributed by atoms with van der Waals surface area (Å²) in [7, 11) is 3.44. The Balaban J connectivity index is 1.55. The van der Waals surface area contributed by atoms with Crippen LogP contribution in [0.1, 0.15) is 36.0 Å². The number of carbonyl (C=O) groups excluding carboxylic acids is 1. The lowest BCUT2D eigenvalue weighted by molar-refractivity contribution is -0.163. The van der Waals surface area contributed by atoms with E-state index in [1.165, 1.54) is 24.3 Å². The standard InChI is InChI=1S/C32H32F4N4O5/c1-39-18-28(45-30(43)14-13-29(41)42)40(17-22(39)8-3-19-4-9-23(44-2)10-5-19)31-24-15-20(32(34,35)36)6-11-25(24)37-26-12-7-21(33)16-27(26)38-31/h4-7,9-12,15-16,22,28,37H,3,8,13-14,17-18H2,1-2H3,(H,41,42)/t22-,28?/m0/s1. The topological polar surface area (TPSA) is 104 Å². The molecule has 1 fully saturated rings. The zero-order valence-electron chi connectivity index (χ0n) is 24.6. The van der Waals surface area contributed by atoms with E-state index in [2.05, 4.69) is 10.3 Å². The summed E-state index contributed by atoms with van der Waals surface area (Å²) in [5, 5.41) is 12.1. The first-order valence-corrected chi connectivity index (χ1v) is 14.3. The highest BCUT2D eigenvalue weighted by Gasteiger charge is 2.39. The molecule has 2 aliphatic heterocycles. The van der Waals surface area contributed by atoms with Gasteiger partial charge in [0.2, 0.25) is 0 Å². The molecule has 45 heavy (non-hydrogen) atoms. The Kier molecular flexibility index (Phi) is 9.28. The smallest absolute Gasteiger partial charge is 0.416 e. The van der Waals surface area contributed by atoms with Crippen molar-refractivity contribution in [3.05, 3.63) is 83.2 Å². The molecule has 0 radical (unpaired) electrons. The summed E-state index contributed by atoms with van der Waals surface area (Å²) in [5.41, 5.74) is 1.07. The molecule has 2 aliphatic rings. The molecule has 1 saturated heterocycles. The number of rotatable bonds is 8. The van der Waals surface area contributed by atoms with Crippen LogP contribution in [0.3, 0.4) is 0 Å². The molecule has 3 aromatic carbocycles. The average Bonchev–Trinajstić information content (AvgIpc) is 3.15. The molecule has 0 bridgehead atoms. The average molecular weight is 629 g/mol. The molecule has 2 atom stereocenters. The minimum atomic E-state index is -4.66. The van der Waals surface area contributed by atoms with Crippen LogP contribution >= 0.6 is 0 Å². The number of nitrogens with zero attached hydrogens (tertiary/aromatic N) is 3. The molecule has 0 saturated carbocycles. The Labute approximate surface area is 257 Å². The van der Waals surface area contributed by atoms with Crippen LogP contribution in [0.4, 0.5) is 34.6 Å². The molecule has 238 valence electrons. The maximum atomic E-state index is 14.4. The van der Waals surface area contributed by atoms with Gasteiger partial charge in [-0.2, -0.15) is 13.2 Å². The van der Waals surface area contributed by atoms with Gasteiger partial charge in [0.1, 0.15) is 17.4 Å². The molecule has 0 amide bonds. The van der Waals surface area contributed by atoms with E-state index in [9.17, 15) is 27.2 Å². The van der Waals surface area contributed by atoms with E-state index in [0.29, 0.717) is 24.2 Å². The highest BCUT2D eigenvalue weighted by atomic mass is 19.4. The number of hydrogen-bond acceptors (Lipinski definition) is 8. The van der Waals surface area contributed by atoms with Crippen molar-refractivity contribution in [3.63, 3.8) is 0 Å². The van der Waals surface area contributed by atoms with Crippen LogP contribution in [-0.4, -0.2) is 72.2 Å². The number of aliphatic imine (C=N–C) groups is 1. The maximum Gasteiger partial charge on any atom is 0.416 e. The molecule has 9 nitrogen and oxygen atoms in total. The zero-order valence-corrected chi connectivity index (χ0v) is 24.6. The quantitative estimate of drug-likeness (QED) is 0.232. The monoisotopic (exact) mass is 628 g/mol. The van der Waals surface area contributed by atoms with Gasteiger partial charge in [0.25, 0.3) is 0 Å². The molecule has 1 unspecified atom stereocenters. The summed E-state index contributed by atoms with van der Waals surface area (Å²) < 4.78 is 67.1. The molecular weight excluding hydrogens is 596 g/mol. The first kappa shape index (κ1) is 31.8. The Morgan fingerprint density at radius 2 is 1.76 bits per heavy atom. The third kappa shape index (κ3) is 7.54. The summed E-state index contributed by atoms with van der Waals surface area (Å²) in [4.78, 5) is 32.1. The van der Waals surface area contributed by atoms with Crippen molar-refractivity contribution >= 4 is 34.8 Å². The van der Waals surface area contributed by atoms with Gasteiger partial charge in [-0.1, -0.05) is 12.1 Å². The van der Waals surface area contributed by atoms with Gasteiger partial charge in [-0.15, -0.1) is 0 Å². The number of hydrogen-bond donors (Lipinski definition) is 2. The van der Waals surface area contributed by atoms with Gasteiger partial charge in [-0.25, -0.2) is 9.38 Å². The highest BCUT2D eigenvalue weighted by Crippen LogP contribution is 2.39. The number of anilines is 2. The highest BCUT2D eigenvalue weighted by molar-refractivity contribution is 6.08. The fourth-order valence-electron chi connectivity index (χ4n) is 5.41. The van der Waals surface area contributed by atoms with Crippen LogP contribution in [0.2, 0.25) is 0 Å². The molecule has 0 aromatic heterocycles. The lowest BCUT2D eigenvalue weighted by Crippen LogP contribution is -2.60. The molecule has 3 aromatic rings. The fraction of sp³-hybridized carbons (Fsp3) is 0.344. The number of methoxy groups -OCH3 is 1. The molecular formula is C32H32F4N4O5. The zero-order chi connectivity index (χ0) is 32.3. The van der Waals surface area contributed by atoms with E-state index in [1.54, 1.807) is 12.0 Å². The molecule has 13 heteroatoms. The lowest BCUT2D eigenvalue weighted by Gasteiger charge is -2.45. The Morgan fingerprint density at radius 3 is 2.44 bits per heavy atom. The maximum absolute atomic E-state index is 14.4. The minimum Gasteiger partial charge on any atom is -0.497 e. The number of fused-ring (bicyclic) bond motifs is 2. The van der Waals surface area contributed by atoms with Gasteiger partial charge in [0.05, 0.1) is 43.4 Å². The molecule has 5 rings (SSSR count). The second-order valence-corrected chi connectivity index (χ2v) is 11.0. The number of nitrogens with one attached hydrogen (secondary N) is 1. The van der Waals surface area contributed by atoms with Crippen LogP contribution in [0.5, 0.6) is 5.75 Å². The van der Waals surface area contributed by atoms with E-state index in [-0.39, 0.29) is 42.6 Å². The minimum absolute atomic E-state index is 0.0616. The third-order valence-electron chi connectivity index (χ3n) is 7.87. The van der Waals surface area contributed by atoms with Crippen molar-refractivity contribution in [2.75, 3.05) is 32.6 Å². The SMILES string of the molecule is COc1ccc(CC[C@H]2CN(C3=Nc4cc(F)ccc4Nc4ccc(C(F)(F)F)cc43)C(OC(=O)CCC(=O)O)CN2C)cc1. The van der Waals surface area contributed by atoms with Gasteiger partial charge >= 0.3 is 18.1 Å². The van der Waals surface area contributed by atoms with Gasteiger partial charge in [-0.05, 0) is 67.9 Å². The summed E-state index contributed by atoms with van der Waals surface area (Å²) >= 11 is 0. The number of piperazine rings is 1. The van der Waals surface area contributed by atoms with Crippen molar-refractivity contribution in [1.82, 2.24) is 9.80 Å². The molecule has 0 spiro atoms. The Hall–Kier alpha value is -4.65. The van der Waals surface area contributed by atoms with E-state index >= 15 is 0 Å². The number of aliphatic carboxylic acids is 1. The van der Waals surface area contributed by atoms with Crippen molar-refractivity contribution < 1.29 is 41.7 Å². The third-order valence-corrected chi connectivity index (χ3v) is 7.87. The number of halogens is 4. The predicted octanol–water partition coefficient (Wildman–Crippen LogP) is 5.97. The van der Waals surface area contributed by atoms with Gasteiger partial charge in [0.15, 0.2) is 6.23 Å². The van der Waals surface area contributed by atoms with Crippen molar-refractivity contribution in [1.29, 1.82) is 0 Å². The van der Waals surface area contributed by atoms with Gasteiger partial charge in [-0.3, -0.25) is 14.5 Å². The lowest BCUT2D eigenvalue weighted by atomic mass is 10.00. The van der Waals surface area contributed by atoms with Crippen molar-refractivity contribution in [2.45, 2.75) is 44.1 Å². The number of ether oxygens (including phenoxy) is 2. The number of carboxylic acid groups (broad SMARTS) is 1. The van der Waals surface area contributed by atoms with Crippen LogP contribution in [-0.2, 0) is 26.9 Å². The number of carboxylic acids is 1. The number of esters is 1. The van der Waals surface area contributed by atoms with Crippen LogP contribution in [0.25, 0.3) is 0 Å². The van der Waals surface area contributed by atoms with Crippen LogP contribution in [0, 0.1) is 5.82 Å². The number of carbonyl (C=O) groups is 2.